The molecule has 0 radical (unpaired) electrons. The molecule has 0 aromatic carbocycles. The Morgan fingerprint density at radius 2 is 2.23 bits per heavy atom. The summed E-state index contributed by atoms with van der Waals surface area (Å²) >= 11 is 0. The minimum atomic E-state index is -2.52. The molecule has 0 spiro atoms. The number of rotatable bonds is 3. The minimum absolute atomic E-state index is 0.0433. The molecule has 3 N–H and O–H groups in total. The number of hydrogen-bond acceptors (Lipinski definition) is 2. The van der Waals surface area contributed by atoms with E-state index in [1.54, 1.807) is 6.92 Å². The molecule has 4 heteroatoms. The van der Waals surface area contributed by atoms with Crippen LogP contribution in [0.25, 0.3) is 0 Å². The Morgan fingerprint density at radius 1 is 1.62 bits per heavy atom. The fourth-order valence-corrected chi connectivity index (χ4v) is 1.92. The van der Waals surface area contributed by atoms with Crippen LogP contribution in [0.15, 0.2) is 0 Å². The normalized spacial score (nSPS) is 31.6. The van der Waals surface area contributed by atoms with E-state index in [-0.39, 0.29) is 25.3 Å². The third kappa shape index (κ3) is 3.19. The molecule has 1 aliphatic carbocycles. The van der Waals surface area contributed by atoms with E-state index in [0.29, 0.717) is 12.8 Å². The summed E-state index contributed by atoms with van der Waals surface area (Å²) in [5.41, 5.74) is 4.33. The van der Waals surface area contributed by atoms with Gasteiger partial charge in [0, 0.05) is 19.4 Å². The number of alkyl halides is 2. The van der Waals surface area contributed by atoms with E-state index in [4.69, 9.17) is 5.73 Å². The van der Waals surface area contributed by atoms with Crippen molar-refractivity contribution in [2.75, 3.05) is 6.54 Å². The molecule has 1 aliphatic rings. The van der Waals surface area contributed by atoms with E-state index in [0.717, 1.165) is 0 Å². The predicted octanol–water partition coefficient (Wildman–Crippen LogP) is 1.52. The van der Waals surface area contributed by atoms with E-state index in [2.05, 4.69) is 0 Å². The zero-order chi connectivity index (χ0) is 10.1. The smallest absolute Gasteiger partial charge is 0.248 e. The van der Waals surface area contributed by atoms with E-state index >= 15 is 0 Å². The summed E-state index contributed by atoms with van der Waals surface area (Å²) in [6, 6.07) is 0. The van der Waals surface area contributed by atoms with Crippen LogP contribution in [0.2, 0.25) is 0 Å². The quantitative estimate of drug-likeness (QED) is 0.713. The van der Waals surface area contributed by atoms with E-state index in [1.165, 1.54) is 0 Å². The minimum Gasteiger partial charge on any atom is -0.389 e. The maximum absolute atomic E-state index is 12.8. The van der Waals surface area contributed by atoms with Gasteiger partial charge in [-0.05, 0) is 25.7 Å². The first-order valence-electron chi connectivity index (χ1n) is 4.65. The summed E-state index contributed by atoms with van der Waals surface area (Å²) in [5, 5.41) is 9.58. The van der Waals surface area contributed by atoms with Crippen molar-refractivity contribution in [3.63, 3.8) is 0 Å². The largest absolute Gasteiger partial charge is 0.389 e. The zero-order valence-corrected chi connectivity index (χ0v) is 7.89. The van der Waals surface area contributed by atoms with Crippen molar-refractivity contribution in [3.05, 3.63) is 0 Å². The molecule has 0 aromatic heterocycles. The van der Waals surface area contributed by atoms with Crippen molar-refractivity contribution < 1.29 is 13.9 Å². The molecule has 1 saturated carbocycles. The summed E-state index contributed by atoms with van der Waals surface area (Å²) in [4.78, 5) is 0. The maximum Gasteiger partial charge on any atom is 0.248 e. The molecule has 13 heavy (non-hydrogen) atoms. The van der Waals surface area contributed by atoms with Crippen LogP contribution in [0.1, 0.15) is 32.6 Å². The first-order chi connectivity index (χ1) is 5.85. The van der Waals surface area contributed by atoms with Gasteiger partial charge in [0.25, 0.3) is 0 Å². The van der Waals surface area contributed by atoms with Crippen LogP contribution in [0, 0.1) is 5.92 Å². The topological polar surface area (TPSA) is 46.2 Å². The monoisotopic (exact) mass is 193 g/mol. The summed E-state index contributed by atoms with van der Waals surface area (Å²) in [7, 11) is 0. The third-order valence-corrected chi connectivity index (χ3v) is 2.67. The van der Waals surface area contributed by atoms with Gasteiger partial charge >= 0.3 is 0 Å². The highest BCUT2D eigenvalue weighted by molar-refractivity contribution is 4.86. The Balaban J connectivity index is 2.40. The first-order valence-corrected chi connectivity index (χ1v) is 4.65. The Kier molecular flexibility index (Phi) is 2.92. The van der Waals surface area contributed by atoms with Crippen LogP contribution in [0.5, 0.6) is 0 Å². The van der Waals surface area contributed by atoms with Crippen molar-refractivity contribution in [1.29, 1.82) is 0 Å². The van der Waals surface area contributed by atoms with Crippen molar-refractivity contribution in [2.24, 2.45) is 11.7 Å². The second kappa shape index (κ2) is 3.50. The van der Waals surface area contributed by atoms with Gasteiger partial charge in [0.05, 0.1) is 5.60 Å². The van der Waals surface area contributed by atoms with Gasteiger partial charge in [0.1, 0.15) is 0 Å². The summed E-state index contributed by atoms with van der Waals surface area (Å²) in [5.74, 6) is -2.59. The lowest BCUT2D eigenvalue weighted by Crippen LogP contribution is -2.36. The van der Waals surface area contributed by atoms with Gasteiger partial charge in [0.15, 0.2) is 0 Å². The summed E-state index contributed by atoms with van der Waals surface area (Å²) in [6.45, 7) is 1.73. The molecule has 2 nitrogen and oxygen atoms in total. The second-order valence-corrected chi connectivity index (χ2v) is 4.37. The van der Waals surface area contributed by atoms with Crippen molar-refractivity contribution >= 4 is 0 Å². The average molecular weight is 193 g/mol. The van der Waals surface area contributed by atoms with Gasteiger partial charge in [-0.3, -0.25) is 0 Å². The molecule has 0 aromatic rings. The highest BCUT2D eigenvalue weighted by Gasteiger charge is 2.41. The standard InChI is InChI=1S/C9H17F2NO/c1-8(13,6-12)4-7-2-3-9(10,11)5-7/h7,13H,2-6,12H2,1H3. The highest BCUT2D eigenvalue weighted by atomic mass is 19.3. The van der Waals surface area contributed by atoms with Gasteiger partial charge in [-0.25, -0.2) is 8.78 Å². The van der Waals surface area contributed by atoms with Gasteiger partial charge in [-0.2, -0.15) is 0 Å². The Labute approximate surface area is 77.1 Å². The molecule has 0 heterocycles. The lowest BCUT2D eigenvalue weighted by atomic mass is 9.91. The summed E-state index contributed by atoms with van der Waals surface area (Å²) in [6.07, 6.45) is 0.754. The molecule has 0 aliphatic heterocycles. The van der Waals surface area contributed by atoms with Gasteiger partial charge in [0.2, 0.25) is 5.92 Å². The third-order valence-electron chi connectivity index (χ3n) is 2.67. The molecule has 0 bridgehead atoms. The van der Waals surface area contributed by atoms with Crippen LogP contribution in [0.3, 0.4) is 0 Å². The van der Waals surface area contributed by atoms with Crippen molar-refractivity contribution in [1.82, 2.24) is 0 Å². The average Bonchev–Trinajstić information content (AvgIpc) is 2.29. The molecule has 1 fully saturated rings. The first kappa shape index (κ1) is 10.9. The number of nitrogens with two attached hydrogens (primary N) is 1. The molecule has 0 amide bonds. The van der Waals surface area contributed by atoms with Crippen LogP contribution >= 0.6 is 0 Å². The van der Waals surface area contributed by atoms with Crippen LogP contribution < -0.4 is 5.73 Å². The lowest BCUT2D eigenvalue weighted by Gasteiger charge is -2.24. The van der Waals surface area contributed by atoms with E-state index < -0.39 is 11.5 Å². The van der Waals surface area contributed by atoms with E-state index in [9.17, 15) is 13.9 Å². The zero-order valence-electron chi connectivity index (χ0n) is 7.89. The summed E-state index contributed by atoms with van der Waals surface area (Å²) < 4.78 is 25.5. The second-order valence-electron chi connectivity index (χ2n) is 4.37. The molecular weight excluding hydrogens is 176 g/mol. The molecular formula is C9H17F2NO. The molecule has 0 saturated heterocycles. The van der Waals surface area contributed by atoms with Crippen molar-refractivity contribution in [2.45, 2.75) is 44.1 Å². The molecule has 78 valence electrons. The van der Waals surface area contributed by atoms with Crippen LogP contribution in [0.4, 0.5) is 8.78 Å². The number of halogens is 2. The fraction of sp³-hybridized carbons (Fsp3) is 1.00. The lowest BCUT2D eigenvalue weighted by molar-refractivity contribution is -0.00377. The Morgan fingerprint density at radius 3 is 2.62 bits per heavy atom. The van der Waals surface area contributed by atoms with Gasteiger partial charge < -0.3 is 10.8 Å². The SMILES string of the molecule is CC(O)(CN)CC1CCC(F)(F)C1. The Bertz CT molecular complexity index is 182. The fourth-order valence-electron chi connectivity index (χ4n) is 1.92. The van der Waals surface area contributed by atoms with E-state index in [1.807, 2.05) is 0 Å². The molecule has 1 rings (SSSR count). The predicted molar refractivity (Wildman–Crippen MR) is 46.6 cm³/mol. The van der Waals surface area contributed by atoms with Crippen molar-refractivity contribution in [3.8, 4) is 0 Å². The van der Waals surface area contributed by atoms with Crippen LogP contribution in [-0.4, -0.2) is 23.2 Å². The van der Waals surface area contributed by atoms with Gasteiger partial charge in [-0.15, -0.1) is 0 Å². The molecule has 2 atom stereocenters. The Hall–Kier alpha value is -0.220. The maximum atomic E-state index is 12.8. The number of hydrogen-bond donors (Lipinski definition) is 2. The number of aliphatic hydroxyl groups is 1. The highest BCUT2D eigenvalue weighted by Crippen LogP contribution is 2.41. The van der Waals surface area contributed by atoms with Crippen LogP contribution in [-0.2, 0) is 0 Å². The van der Waals surface area contributed by atoms with Gasteiger partial charge in [-0.1, -0.05) is 0 Å². The molecule has 2 unspecified atom stereocenters.